The van der Waals surface area contributed by atoms with Crippen molar-refractivity contribution >= 4 is 11.5 Å². The van der Waals surface area contributed by atoms with E-state index >= 15 is 0 Å². The maximum Gasteiger partial charge on any atom is 0.160 e. The van der Waals surface area contributed by atoms with Crippen LogP contribution in [0.5, 0.6) is 0 Å². The van der Waals surface area contributed by atoms with E-state index in [-0.39, 0.29) is 5.78 Å². The molecule has 0 aliphatic carbocycles. The number of aryl methyl sites for hydroxylation is 1. The summed E-state index contributed by atoms with van der Waals surface area (Å²) in [5, 5.41) is 6.72. The van der Waals surface area contributed by atoms with Crippen molar-refractivity contribution in [2.45, 2.75) is 48.5 Å². The molecule has 0 fully saturated rings. The molecule has 0 aliphatic rings. The first-order chi connectivity index (χ1) is 11.2. The lowest BCUT2D eigenvalue weighted by Crippen LogP contribution is -1.93. The fourth-order valence-corrected chi connectivity index (χ4v) is 0.968. The van der Waals surface area contributed by atoms with E-state index in [2.05, 4.69) is 35.1 Å². The van der Waals surface area contributed by atoms with Crippen LogP contribution in [0, 0.1) is 6.92 Å². The van der Waals surface area contributed by atoms with Crippen molar-refractivity contribution < 1.29 is 4.79 Å². The molecule has 0 spiro atoms. The number of hydrogen-bond donors (Lipinski definition) is 0. The Morgan fingerprint density at radius 2 is 1.29 bits per heavy atom. The van der Waals surface area contributed by atoms with Crippen molar-refractivity contribution in [3.8, 4) is 0 Å². The second-order valence-corrected chi connectivity index (χ2v) is 5.31. The van der Waals surface area contributed by atoms with Gasteiger partial charge in [-0.25, -0.2) is 0 Å². The number of allylic oxidation sites excluding steroid dienone is 2. The number of carbonyl (C=O) groups is 1. The van der Waals surface area contributed by atoms with Gasteiger partial charge in [0.05, 0.1) is 0 Å². The molecule has 0 atom stereocenters. The second-order valence-electron chi connectivity index (χ2n) is 5.31. The van der Waals surface area contributed by atoms with Crippen molar-refractivity contribution in [3.05, 3.63) is 47.0 Å². The minimum absolute atomic E-state index is 0.137. The van der Waals surface area contributed by atoms with Crippen molar-refractivity contribution in [1.82, 2.24) is 0 Å². The fraction of sp³-hybridized carbons (Fsp3) is 0.500. The van der Waals surface area contributed by atoms with E-state index in [1.165, 1.54) is 5.57 Å². The lowest BCUT2D eigenvalue weighted by Gasteiger charge is -1.97. The molecule has 0 unspecified atom stereocenters. The molecule has 0 saturated heterocycles. The summed E-state index contributed by atoms with van der Waals surface area (Å²) in [5.41, 5.74) is 4.38. The van der Waals surface area contributed by atoms with Crippen LogP contribution in [0.25, 0.3) is 0 Å². The minimum atomic E-state index is 0.137. The molecule has 4 nitrogen and oxygen atoms in total. The van der Waals surface area contributed by atoms with Gasteiger partial charge in [-0.3, -0.25) is 9.79 Å². The molecule has 136 valence electrons. The summed E-state index contributed by atoms with van der Waals surface area (Å²) >= 11 is 0. The number of ketones is 1. The van der Waals surface area contributed by atoms with E-state index in [0.717, 1.165) is 16.8 Å². The number of carbonyl (C=O) groups excluding carboxylic acids is 1. The van der Waals surface area contributed by atoms with E-state index in [4.69, 9.17) is 0 Å². The van der Waals surface area contributed by atoms with Crippen LogP contribution >= 0.6 is 0 Å². The van der Waals surface area contributed by atoms with Crippen LogP contribution in [0.15, 0.2) is 51.1 Å². The maximum absolute atomic E-state index is 10.9. The fourth-order valence-electron chi connectivity index (χ4n) is 0.968. The standard InChI is InChI=1S/C9H10O.C5H10.C4H9N.C2H6N2/c1-7-5-3-4-6-9(7)8(2)10;1-4-5(2)3;1-4(2)5-3;1-3-4-2/h3-6H,1-2H3;4H,1-3H3;1-3H3;1-2H3. The second kappa shape index (κ2) is 18.9. The number of aliphatic imine (C=N–C) groups is 1. The average molecular weight is 334 g/mol. The zero-order chi connectivity index (χ0) is 19.5. The third kappa shape index (κ3) is 22.2. The molecule has 0 N–H and O–H groups in total. The van der Waals surface area contributed by atoms with E-state index in [0.29, 0.717) is 0 Å². The highest BCUT2D eigenvalue weighted by Crippen LogP contribution is 2.06. The van der Waals surface area contributed by atoms with E-state index in [1.807, 2.05) is 52.0 Å². The molecule has 1 aromatic rings. The van der Waals surface area contributed by atoms with Crippen molar-refractivity contribution in [1.29, 1.82) is 0 Å². The number of Topliss-reactive ketones (excluding diaryl/α,β-unsaturated/α-hetero) is 1. The van der Waals surface area contributed by atoms with Gasteiger partial charge >= 0.3 is 0 Å². The predicted molar refractivity (Wildman–Crippen MR) is 108 cm³/mol. The van der Waals surface area contributed by atoms with Crippen LogP contribution in [-0.4, -0.2) is 32.6 Å². The van der Waals surface area contributed by atoms with Gasteiger partial charge in [0.25, 0.3) is 0 Å². The van der Waals surface area contributed by atoms with Crippen LogP contribution < -0.4 is 0 Å². The van der Waals surface area contributed by atoms with E-state index < -0.39 is 0 Å². The minimum Gasteiger partial charge on any atom is -0.298 e. The monoisotopic (exact) mass is 333 g/mol. The highest BCUT2D eigenvalue weighted by atomic mass is 16.1. The SMILES string of the molecule is CC(=O)c1ccccc1C.CC=C(C)C.CN=C(C)C.CN=NC. The van der Waals surface area contributed by atoms with E-state index in [9.17, 15) is 4.79 Å². The first kappa shape index (κ1) is 26.8. The summed E-state index contributed by atoms with van der Waals surface area (Å²) in [6.07, 6.45) is 2.08. The zero-order valence-electron chi connectivity index (χ0n) is 17.1. The maximum atomic E-state index is 10.9. The Kier molecular flexibility index (Phi) is 21.1. The lowest BCUT2D eigenvalue weighted by molar-refractivity contribution is 0.101. The first-order valence-electron chi connectivity index (χ1n) is 7.91. The largest absolute Gasteiger partial charge is 0.298 e. The summed E-state index contributed by atoms with van der Waals surface area (Å²) in [6, 6.07) is 7.60. The summed E-state index contributed by atoms with van der Waals surface area (Å²) in [5.74, 6) is 0.137. The van der Waals surface area contributed by atoms with Gasteiger partial charge in [-0.2, -0.15) is 10.2 Å². The van der Waals surface area contributed by atoms with Gasteiger partial charge in [-0.05, 0) is 54.0 Å². The highest BCUT2D eigenvalue weighted by molar-refractivity contribution is 5.95. The first-order valence-corrected chi connectivity index (χ1v) is 7.91. The molecule has 1 aromatic carbocycles. The van der Waals surface area contributed by atoms with Gasteiger partial charge < -0.3 is 0 Å². The Labute approximate surface area is 148 Å². The molecular formula is C20H35N3O. The smallest absolute Gasteiger partial charge is 0.160 e. The summed E-state index contributed by atoms with van der Waals surface area (Å²) in [7, 11) is 5.06. The van der Waals surface area contributed by atoms with Gasteiger partial charge in [0.2, 0.25) is 0 Å². The van der Waals surface area contributed by atoms with Crippen molar-refractivity contribution in [3.63, 3.8) is 0 Å². The molecule has 1 rings (SSSR count). The number of hydrogen-bond acceptors (Lipinski definition) is 4. The van der Waals surface area contributed by atoms with Crippen molar-refractivity contribution in [2.24, 2.45) is 15.2 Å². The van der Waals surface area contributed by atoms with Crippen LogP contribution in [0.4, 0.5) is 0 Å². The lowest BCUT2D eigenvalue weighted by atomic mass is 10.1. The topological polar surface area (TPSA) is 54.1 Å². The molecule has 0 heterocycles. The summed E-state index contributed by atoms with van der Waals surface area (Å²) < 4.78 is 0. The summed E-state index contributed by atoms with van der Waals surface area (Å²) in [4.78, 5) is 14.7. The molecule has 0 saturated carbocycles. The molecule has 0 bridgehead atoms. The Balaban J connectivity index is -0.000000270. The molecule has 0 radical (unpaired) electrons. The predicted octanol–water partition coefficient (Wildman–Crippen LogP) is 5.97. The Bertz CT molecular complexity index is 501. The third-order valence-corrected chi connectivity index (χ3v) is 2.75. The third-order valence-electron chi connectivity index (χ3n) is 2.75. The van der Waals surface area contributed by atoms with Crippen LogP contribution in [-0.2, 0) is 0 Å². The van der Waals surface area contributed by atoms with Gasteiger partial charge in [0, 0.05) is 32.4 Å². The number of nitrogens with zero attached hydrogens (tertiary/aromatic N) is 3. The van der Waals surface area contributed by atoms with Crippen LogP contribution in [0.3, 0.4) is 0 Å². The normalized spacial score (nSPS) is 8.42. The molecular weight excluding hydrogens is 298 g/mol. The Hall–Kier alpha value is -2.10. The molecule has 0 aliphatic heterocycles. The number of rotatable bonds is 1. The highest BCUT2D eigenvalue weighted by Gasteiger charge is 1.99. The van der Waals surface area contributed by atoms with Crippen LogP contribution in [0.2, 0.25) is 0 Å². The van der Waals surface area contributed by atoms with Gasteiger partial charge in [0.1, 0.15) is 0 Å². The van der Waals surface area contributed by atoms with E-state index in [1.54, 1.807) is 28.1 Å². The molecule has 24 heavy (non-hydrogen) atoms. The van der Waals surface area contributed by atoms with Gasteiger partial charge in [-0.15, -0.1) is 0 Å². The Morgan fingerprint density at radius 1 is 0.917 bits per heavy atom. The molecule has 0 amide bonds. The van der Waals surface area contributed by atoms with Crippen molar-refractivity contribution in [2.75, 3.05) is 21.1 Å². The molecule has 0 aromatic heterocycles. The molecule has 4 heteroatoms. The van der Waals surface area contributed by atoms with Gasteiger partial charge in [-0.1, -0.05) is 35.9 Å². The number of azo groups is 1. The van der Waals surface area contributed by atoms with Gasteiger partial charge in [0.15, 0.2) is 5.78 Å². The quantitative estimate of drug-likeness (QED) is 0.270. The number of benzene rings is 1. The van der Waals surface area contributed by atoms with Crippen LogP contribution in [0.1, 0.15) is 57.5 Å². The average Bonchev–Trinajstić information content (AvgIpc) is 2.56. The Morgan fingerprint density at radius 3 is 1.46 bits per heavy atom. The zero-order valence-corrected chi connectivity index (χ0v) is 17.1. The summed E-state index contributed by atoms with van der Waals surface area (Å²) in [6.45, 7) is 13.7.